The molecule has 0 heterocycles. The molecule has 0 fully saturated rings. The van der Waals surface area contributed by atoms with Crippen molar-refractivity contribution in [3.05, 3.63) is 12.2 Å². The molecule has 0 radical (unpaired) electrons. The first-order valence-corrected chi connectivity index (χ1v) is 5.00. The van der Waals surface area contributed by atoms with Gasteiger partial charge in [0.15, 0.2) is 0 Å². The zero-order valence-corrected chi connectivity index (χ0v) is 8.09. The van der Waals surface area contributed by atoms with Crippen molar-refractivity contribution in [3.8, 4) is 0 Å². The molecule has 0 unspecified atom stereocenters. The SMILES string of the molecule is CCCCCC=CCCCC=O. The maximum Gasteiger partial charge on any atom is 0.120 e. The molecule has 0 N–H and O–H groups in total. The summed E-state index contributed by atoms with van der Waals surface area (Å²) in [6.07, 6.45) is 13.3. The number of unbranched alkanes of at least 4 members (excludes halogenated alkanes) is 5. The Morgan fingerprint density at radius 2 is 1.58 bits per heavy atom. The van der Waals surface area contributed by atoms with Crippen molar-refractivity contribution in [2.75, 3.05) is 0 Å². The van der Waals surface area contributed by atoms with E-state index in [0.717, 1.165) is 19.1 Å². The molecule has 0 amide bonds. The average Bonchev–Trinajstić information content (AvgIpc) is 2.10. The van der Waals surface area contributed by atoms with Crippen LogP contribution in [0.4, 0.5) is 0 Å². The highest BCUT2D eigenvalue weighted by Crippen LogP contribution is 2.01. The van der Waals surface area contributed by atoms with Crippen molar-refractivity contribution in [2.24, 2.45) is 0 Å². The first-order chi connectivity index (χ1) is 5.91. The minimum absolute atomic E-state index is 0.708. The second kappa shape index (κ2) is 10.4. The van der Waals surface area contributed by atoms with Crippen LogP contribution in [-0.4, -0.2) is 6.29 Å². The molecule has 12 heavy (non-hydrogen) atoms. The van der Waals surface area contributed by atoms with Crippen molar-refractivity contribution in [1.82, 2.24) is 0 Å². The Bertz CT molecular complexity index is 116. The summed E-state index contributed by atoms with van der Waals surface area (Å²) in [6.45, 7) is 2.22. The number of rotatable bonds is 8. The van der Waals surface area contributed by atoms with E-state index in [1.165, 1.54) is 25.7 Å². The molecule has 0 saturated carbocycles. The van der Waals surface area contributed by atoms with Crippen LogP contribution in [0.1, 0.15) is 51.9 Å². The Morgan fingerprint density at radius 3 is 2.17 bits per heavy atom. The highest BCUT2D eigenvalue weighted by molar-refractivity contribution is 5.48. The van der Waals surface area contributed by atoms with Crippen LogP contribution in [-0.2, 0) is 4.79 Å². The first kappa shape index (κ1) is 11.4. The smallest absolute Gasteiger partial charge is 0.120 e. The Balaban J connectivity index is 2.98. The van der Waals surface area contributed by atoms with Crippen molar-refractivity contribution in [3.63, 3.8) is 0 Å². The molecule has 1 heteroatoms. The maximum atomic E-state index is 9.95. The van der Waals surface area contributed by atoms with Gasteiger partial charge in [0.2, 0.25) is 0 Å². The van der Waals surface area contributed by atoms with Crippen LogP contribution in [0.15, 0.2) is 12.2 Å². The first-order valence-electron chi connectivity index (χ1n) is 5.00. The Kier molecular flexibility index (Phi) is 9.90. The van der Waals surface area contributed by atoms with Crippen LogP contribution in [0, 0.1) is 0 Å². The third-order valence-electron chi connectivity index (χ3n) is 1.83. The van der Waals surface area contributed by atoms with E-state index in [4.69, 9.17) is 0 Å². The summed E-state index contributed by atoms with van der Waals surface area (Å²) in [5, 5.41) is 0. The summed E-state index contributed by atoms with van der Waals surface area (Å²) in [7, 11) is 0. The summed E-state index contributed by atoms with van der Waals surface area (Å²) in [6, 6.07) is 0. The zero-order chi connectivity index (χ0) is 9.07. The zero-order valence-electron chi connectivity index (χ0n) is 8.09. The molecular formula is C11H20O. The minimum atomic E-state index is 0.708. The van der Waals surface area contributed by atoms with Gasteiger partial charge in [-0.2, -0.15) is 0 Å². The van der Waals surface area contributed by atoms with Gasteiger partial charge in [-0.15, -0.1) is 0 Å². The van der Waals surface area contributed by atoms with Crippen LogP contribution in [0.2, 0.25) is 0 Å². The Labute approximate surface area is 75.9 Å². The molecule has 0 saturated heterocycles. The molecule has 0 aromatic rings. The van der Waals surface area contributed by atoms with Gasteiger partial charge in [-0.25, -0.2) is 0 Å². The molecule has 70 valence electrons. The molecule has 0 rings (SSSR count). The minimum Gasteiger partial charge on any atom is -0.303 e. The molecule has 0 aromatic heterocycles. The maximum absolute atomic E-state index is 9.95. The van der Waals surface area contributed by atoms with Crippen LogP contribution in [0.3, 0.4) is 0 Å². The predicted octanol–water partition coefficient (Wildman–Crippen LogP) is 3.49. The summed E-state index contributed by atoms with van der Waals surface area (Å²) in [5.41, 5.74) is 0. The van der Waals surface area contributed by atoms with E-state index in [1.54, 1.807) is 0 Å². The molecule has 0 aliphatic rings. The molecule has 0 aliphatic heterocycles. The lowest BCUT2D eigenvalue weighted by molar-refractivity contribution is -0.107. The summed E-state index contributed by atoms with van der Waals surface area (Å²) >= 11 is 0. The quantitative estimate of drug-likeness (QED) is 0.308. The molecule has 1 nitrogen and oxygen atoms in total. The van der Waals surface area contributed by atoms with Gasteiger partial charge >= 0.3 is 0 Å². The summed E-state index contributed by atoms with van der Waals surface area (Å²) in [4.78, 5) is 9.95. The van der Waals surface area contributed by atoms with Gasteiger partial charge in [-0.3, -0.25) is 0 Å². The normalized spacial score (nSPS) is 10.8. The van der Waals surface area contributed by atoms with E-state index in [1.807, 2.05) is 0 Å². The number of carbonyl (C=O) groups excluding carboxylic acids is 1. The molecule has 0 spiro atoms. The van der Waals surface area contributed by atoms with Gasteiger partial charge in [0, 0.05) is 6.42 Å². The lowest BCUT2D eigenvalue weighted by Crippen LogP contribution is -1.74. The second-order valence-electron chi connectivity index (χ2n) is 3.06. The highest BCUT2D eigenvalue weighted by atomic mass is 16.1. The Hall–Kier alpha value is -0.590. The molecule has 0 aromatic carbocycles. The summed E-state index contributed by atoms with van der Waals surface area (Å²) in [5.74, 6) is 0. The lowest BCUT2D eigenvalue weighted by Gasteiger charge is -1.91. The number of allylic oxidation sites excluding steroid dienone is 2. The highest BCUT2D eigenvalue weighted by Gasteiger charge is 1.83. The lowest BCUT2D eigenvalue weighted by atomic mass is 10.2. The second-order valence-corrected chi connectivity index (χ2v) is 3.06. The number of hydrogen-bond acceptors (Lipinski definition) is 1. The van der Waals surface area contributed by atoms with Crippen molar-refractivity contribution < 1.29 is 4.79 Å². The van der Waals surface area contributed by atoms with E-state index < -0.39 is 0 Å². The van der Waals surface area contributed by atoms with E-state index >= 15 is 0 Å². The molecule has 0 atom stereocenters. The van der Waals surface area contributed by atoms with Gasteiger partial charge in [0.25, 0.3) is 0 Å². The fraction of sp³-hybridized carbons (Fsp3) is 0.727. The van der Waals surface area contributed by atoms with Crippen molar-refractivity contribution in [1.29, 1.82) is 0 Å². The van der Waals surface area contributed by atoms with Crippen LogP contribution in [0.25, 0.3) is 0 Å². The van der Waals surface area contributed by atoms with Gasteiger partial charge in [-0.1, -0.05) is 31.9 Å². The molecular weight excluding hydrogens is 148 g/mol. The summed E-state index contributed by atoms with van der Waals surface area (Å²) < 4.78 is 0. The Morgan fingerprint density at radius 1 is 0.917 bits per heavy atom. The van der Waals surface area contributed by atoms with Gasteiger partial charge < -0.3 is 4.79 Å². The third kappa shape index (κ3) is 9.41. The van der Waals surface area contributed by atoms with Crippen LogP contribution in [0.5, 0.6) is 0 Å². The van der Waals surface area contributed by atoms with E-state index in [0.29, 0.717) is 6.42 Å². The van der Waals surface area contributed by atoms with Crippen molar-refractivity contribution >= 4 is 6.29 Å². The van der Waals surface area contributed by atoms with Gasteiger partial charge in [-0.05, 0) is 25.7 Å². The van der Waals surface area contributed by atoms with E-state index in [-0.39, 0.29) is 0 Å². The fourth-order valence-corrected chi connectivity index (χ4v) is 1.07. The van der Waals surface area contributed by atoms with Gasteiger partial charge in [0.1, 0.15) is 6.29 Å². The van der Waals surface area contributed by atoms with Crippen LogP contribution < -0.4 is 0 Å². The molecule has 0 bridgehead atoms. The predicted molar refractivity (Wildman–Crippen MR) is 53.2 cm³/mol. The fourth-order valence-electron chi connectivity index (χ4n) is 1.07. The van der Waals surface area contributed by atoms with Gasteiger partial charge in [0.05, 0.1) is 0 Å². The molecule has 0 aliphatic carbocycles. The van der Waals surface area contributed by atoms with Crippen LogP contribution >= 0.6 is 0 Å². The largest absolute Gasteiger partial charge is 0.303 e. The standard InChI is InChI=1S/C11H20O/c1-2-3-4-5-6-7-8-9-10-11-12/h6-7,11H,2-5,8-10H2,1H3. The number of aldehydes is 1. The topological polar surface area (TPSA) is 17.1 Å². The average molecular weight is 168 g/mol. The van der Waals surface area contributed by atoms with E-state index in [9.17, 15) is 4.79 Å². The van der Waals surface area contributed by atoms with Crippen molar-refractivity contribution in [2.45, 2.75) is 51.9 Å². The third-order valence-corrected chi connectivity index (χ3v) is 1.83. The number of hydrogen-bond donors (Lipinski definition) is 0. The number of carbonyl (C=O) groups is 1. The monoisotopic (exact) mass is 168 g/mol. The van der Waals surface area contributed by atoms with E-state index in [2.05, 4.69) is 19.1 Å².